The van der Waals surface area contributed by atoms with Gasteiger partial charge in [-0.05, 0) is 40.9 Å². The van der Waals surface area contributed by atoms with E-state index in [4.69, 9.17) is 10.2 Å². The Morgan fingerprint density at radius 2 is 2.31 bits per heavy atom. The minimum absolute atomic E-state index is 0. The lowest BCUT2D eigenvalue weighted by Gasteiger charge is -2.05. The molecule has 0 fully saturated rings. The van der Waals surface area contributed by atoms with E-state index in [-0.39, 0.29) is 18.4 Å². The second-order valence-corrected chi connectivity index (χ2v) is 3.40. The SMILES string of the molecule is C=CCC[C@@H](N)c1ccc(Br)o1.Cl. The molecule has 0 aliphatic rings. The van der Waals surface area contributed by atoms with Crippen LogP contribution in [0.1, 0.15) is 24.6 Å². The average Bonchev–Trinajstić information content (AvgIpc) is 2.47. The van der Waals surface area contributed by atoms with E-state index in [9.17, 15) is 0 Å². The van der Waals surface area contributed by atoms with E-state index in [1.807, 2.05) is 18.2 Å². The summed E-state index contributed by atoms with van der Waals surface area (Å²) < 4.78 is 6.03. The highest BCUT2D eigenvalue weighted by Crippen LogP contribution is 2.21. The number of halogens is 2. The van der Waals surface area contributed by atoms with Gasteiger partial charge in [0.05, 0.1) is 6.04 Å². The molecule has 0 aromatic carbocycles. The van der Waals surface area contributed by atoms with Crippen molar-refractivity contribution in [1.29, 1.82) is 0 Å². The summed E-state index contributed by atoms with van der Waals surface area (Å²) in [4.78, 5) is 0. The van der Waals surface area contributed by atoms with E-state index in [1.165, 1.54) is 0 Å². The molecule has 0 aliphatic heterocycles. The van der Waals surface area contributed by atoms with E-state index in [0.717, 1.165) is 23.3 Å². The lowest BCUT2D eigenvalue weighted by Crippen LogP contribution is -2.08. The van der Waals surface area contributed by atoms with Crippen LogP contribution in [0.2, 0.25) is 0 Å². The summed E-state index contributed by atoms with van der Waals surface area (Å²) in [6, 6.07) is 3.72. The van der Waals surface area contributed by atoms with Gasteiger partial charge < -0.3 is 10.2 Å². The van der Waals surface area contributed by atoms with Gasteiger partial charge in [0.2, 0.25) is 0 Å². The monoisotopic (exact) mass is 265 g/mol. The smallest absolute Gasteiger partial charge is 0.169 e. The molecule has 1 atom stereocenters. The molecule has 0 aliphatic carbocycles. The molecule has 2 nitrogen and oxygen atoms in total. The van der Waals surface area contributed by atoms with Gasteiger partial charge >= 0.3 is 0 Å². The maximum absolute atomic E-state index is 5.83. The summed E-state index contributed by atoms with van der Waals surface area (Å²) in [7, 11) is 0. The van der Waals surface area contributed by atoms with Crippen LogP contribution < -0.4 is 5.73 Å². The highest BCUT2D eigenvalue weighted by molar-refractivity contribution is 9.10. The predicted octanol–water partition coefficient (Wildman–Crippen LogP) is 3.43. The molecule has 1 rings (SSSR count). The van der Waals surface area contributed by atoms with Gasteiger partial charge in [0.15, 0.2) is 4.67 Å². The van der Waals surface area contributed by atoms with Crippen LogP contribution in [0.3, 0.4) is 0 Å². The standard InChI is InChI=1S/C9H12BrNO.ClH/c1-2-3-4-7(11)8-5-6-9(10)12-8;/h2,5-7H,1,3-4,11H2;1H/t7-;/m1./s1. The molecule has 0 unspecified atom stereocenters. The number of rotatable bonds is 4. The van der Waals surface area contributed by atoms with Crippen LogP contribution in [-0.4, -0.2) is 0 Å². The molecule has 2 N–H and O–H groups in total. The van der Waals surface area contributed by atoms with Crippen LogP contribution in [0.4, 0.5) is 0 Å². The largest absolute Gasteiger partial charge is 0.453 e. The first kappa shape index (κ1) is 12.8. The number of hydrogen-bond donors (Lipinski definition) is 1. The van der Waals surface area contributed by atoms with Crippen LogP contribution in [0.25, 0.3) is 0 Å². The van der Waals surface area contributed by atoms with Gasteiger partial charge in [-0.25, -0.2) is 0 Å². The summed E-state index contributed by atoms with van der Waals surface area (Å²) in [5, 5.41) is 0. The fraction of sp³-hybridized carbons (Fsp3) is 0.333. The van der Waals surface area contributed by atoms with Gasteiger partial charge in [-0.15, -0.1) is 19.0 Å². The maximum atomic E-state index is 5.83. The quantitative estimate of drug-likeness (QED) is 0.848. The van der Waals surface area contributed by atoms with Gasteiger partial charge in [-0.3, -0.25) is 0 Å². The van der Waals surface area contributed by atoms with Gasteiger partial charge in [-0.1, -0.05) is 6.08 Å². The third kappa shape index (κ3) is 3.98. The normalized spacial score (nSPS) is 11.8. The van der Waals surface area contributed by atoms with Crippen molar-refractivity contribution < 1.29 is 4.42 Å². The first-order valence-electron chi connectivity index (χ1n) is 3.85. The fourth-order valence-electron chi connectivity index (χ4n) is 0.967. The Balaban J connectivity index is 0.00000144. The van der Waals surface area contributed by atoms with E-state index in [0.29, 0.717) is 0 Å². The summed E-state index contributed by atoms with van der Waals surface area (Å²) in [5.41, 5.74) is 5.83. The van der Waals surface area contributed by atoms with Crippen LogP contribution in [-0.2, 0) is 0 Å². The first-order valence-corrected chi connectivity index (χ1v) is 4.65. The van der Waals surface area contributed by atoms with Crippen molar-refractivity contribution in [1.82, 2.24) is 0 Å². The minimum Gasteiger partial charge on any atom is -0.453 e. The molecule has 13 heavy (non-hydrogen) atoms. The van der Waals surface area contributed by atoms with Crippen molar-refractivity contribution in [2.45, 2.75) is 18.9 Å². The van der Waals surface area contributed by atoms with Gasteiger partial charge in [0.25, 0.3) is 0 Å². The highest BCUT2D eigenvalue weighted by Gasteiger charge is 2.08. The molecular weight excluding hydrogens is 253 g/mol. The van der Waals surface area contributed by atoms with Crippen LogP contribution in [0, 0.1) is 0 Å². The molecule has 74 valence electrons. The topological polar surface area (TPSA) is 39.2 Å². The van der Waals surface area contributed by atoms with E-state index in [1.54, 1.807) is 0 Å². The molecule has 4 heteroatoms. The molecule has 0 radical (unpaired) electrons. The van der Waals surface area contributed by atoms with Gasteiger partial charge in [-0.2, -0.15) is 0 Å². The molecule has 0 saturated heterocycles. The molecule has 1 aromatic rings. The van der Waals surface area contributed by atoms with Gasteiger partial charge in [0, 0.05) is 0 Å². The van der Waals surface area contributed by atoms with Crippen molar-refractivity contribution in [3.05, 3.63) is 35.2 Å². The summed E-state index contributed by atoms with van der Waals surface area (Å²) in [6.07, 6.45) is 3.65. The second kappa shape index (κ2) is 6.24. The van der Waals surface area contributed by atoms with Crippen LogP contribution in [0.15, 0.2) is 33.9 Å². The number of nitrogens with two attached hydrogens (primary N) is 1. The molecule has 0 spiro atoms. The Morgan fingerprint density at radius 1 is 1.62 bits per heavy atom. The lowest BCUT2D eigenvalue weighted by molar-refractivity contribution is 0.438. The van der Waals surface area contributed by atoms with Gasteiger partial charge in [0.1, 0.15) is 5.76 Å². The Morgan fingerprint density at radius 3 is 2.77 bits per heavy atom. The maximum Gasteiger partial charge on any atom is 0.169 e. The fourth-order valence-corrected chi connectivity index (χ4v) is 1.29. The summed E-state index contributed by atoms with van der Waals surface area (Å²) in [6.45, 7) is 3.64. The Labute approximate surface area is 92.7 Å². The third-order valence-electron chi connectivity index (χ3n) is 1.64. The number of hydrogen-bond acceptors (Lipinski definition) is 2. The zero-order valence-electron chi connectivity index (χ0n) is 7.20. The summed E-state index contributed by atoms with van der Waals surface area (Å²) >= 11 is 3.23. The van der Waals surface area contributed by atoms with E-state index < -0.39 is 0 Å². The Kier molecular flexibility index (Phi) is 6.12. The predicted molar refractivity (Wildman–Crippen MR) is 60.0 cm³/mol. The Bertz CT molecular complexity index is 262. The highest BCUT2D eigenvalue weighted by atomic mass is 79.9. The van der Waals surface area contributed by atoms with Crippen LogP contribution >= 0.6 is 28.3 Å². The van der Waals surface area contributed by atoms with Crippen molar-refractivity contribution in [3.8, 4) is 0 Å². The van der Waals surface area contributed by atoms with Crippen molar-refractivity contribution in [2.24, 2.45) is 5.73 Å². The van der Waals surface area contributed by atoms with Crippen molar-refractivity contribution in [2.75, 3.05) is 0 Å². The molecular formula is C9H13BrClNO. The molecule has 0 saturated carbocycles. The number of allylic oxidation sites excluding steroid dienone is 1. The van der Waals surface area contributed by atoms with Crippen molar-refractivity contribution >= 4 is 28.3 Å². The van der Waals surface area contributed by atoms with Crippen molar-refractivity contribution in [3.63, 3.8) is 0 Å². The molecule has 1 heterocycles. The first-order chi connectivity index (χ1) is 5.74. The summed E-state index contributed by atoms with van der Waals surface area (Å²) in [5.74, 6) is 0.823. The number of furan rings is 1. The second-order valence-electron chi connectivity index (χ2n) is 2.61. The van der Waals surface area contributed by atoms with Crippen LogP contribution in [0.5, 0.6) is 0 Å². The Hall–Kier alpha value is -0.250. The van der Waals surface area contributed by atoms with E-state index >= 15 is 0 Å². The average molecular weight is 267 g/mol. The van der Waals surface area contributed by atoms with E-state index in [2.05, 4.69) is 22.5 Å². The zero-order valence-corrected chi connectivity index (χ0v) is 9.61. The zero-order chi connectivity index (χ0) is 8.97. The third-order valence-corrected chi connectivity index (χ3v) is 2.07. The molecule has 1 aromatic heterocycles. The molecule has 0 bridgehead atoms. The minimum atomic E-state index is -0.0192. The lowest BCUT2D eigenvalue weighted by atomic mass is 10.1. The molecule has 0 amide bonds.